The summed E-state index contributed by atoms with van der Waals surface area (Å²) in [4.78, 5) is 16.9. The third-order valence-electron chi connectivity index (χ3n) is 5.97. The fraction of sp³-hybridized carbons (Fsp3) is 0.421. The SMILES string of the molecule is CN1[C@@H]2C[C@@H](N(C(=O)O)c3ccc(F)cc3-c3cccs3)C[C@H]1[C@@H]1O[C@@H]12. The van der Waals surface area contributed by atoms with Crippen LogP contribution < -0.4 is 4.90 Å². The Hall–Kier alpha value is -1.96. The maximum atomic E-state index is 13.9. The molecule has 5 nitrogen and oxygen atoms in total. The van der Waals surface area contributed by atoms with E-state index in [2.05, 4.69) is 11.9 Å². The van der Waals surface area contributed by atoms with E-state index in [4.69, 9.17) is 4.74 Å². The average molecular weight is 374 g/mol. The smallest absolute Gasteiger partial charge is 0.412 e. The molecule has 0 radical (unpaired) electrons. The van der Waals surface area contributed by atoms with Crippen LogP contribution in [-0.2, 0) is 4.74 Å². The van der Waals surface area contributed by atoms with Gasteiger partial charge in [0.2, 0.25) is 0 Å². The number of anilines is 1. The number of hydrogen-bond donors (Lipinski definition) is 1. The van der Waals surface area contributed by atoms with Crippen LogP contribution in [0.5, 0.6) is 0 Å². The summed E-state index contributed by atoms with van der Waals surface area (Å²) in [5, 5.41) is 11.9. The molecule has 1 amide bonds. The molecule has 4 heterocycles. The molecule has 0 aliphatic carbocycles. The summed E-state index contributed by atoms with van der Waals surface area (Å²) in [5.74, 6) is -0.361. The molecule has 3 aliphatic heterocycles. The number of carbonyl (C=O) groups is 1. The molecule has 1 aromatic carbocycles. The van der Waals surface area contributed by atoms with E-state index in [0.717, 1.165) is 17.7 Å². The van der Waals surface area contributed by atoms with Gasteiger partial charge in [0.25, 0.3) is 0 Å². The van der Waals surface area contributed by atoms with E-state index in [0.29, 0.717) is 11.3 Å². The van der Waals surface area contributed by atoms with Gasteiger partial charge in [0.15, 0.2) is 0 Å². The molecule has 26 heavy (non-hydrogen) atoms. The molecule has 5 atom stereocenters. The first kappa shape index (κ1) is 16.2. The summed E-state index contributed by atoms with van der Waals surface area (Å²) in [7, 11) is 2.10. The maximum Gasteiger partial charge on any atom is 0.412 e. The van der Waals surface area contributed by atoms with Crippen LogP contribution in [0.25, 0.3) is 10.4 Å². The van der Waals surface area contributed by atoms with Gasteiger partial charge < -0.3 is 9.84 Å². The Morgan fingerprint density at radius 2 is 2.04 bits per heavy atom. The van der Waals surface area contributed by atoms with Crippen LogP contribution in [-0.4, -0.2) is 53.5 Å². The highest BCUT2D eigenvalue weighted by Gasteiger charge is 2.63. The minimum absolute atomic E-state index is 0.126. The van der Waals surface area contributed by atoms with E-state index in [1.807, 2.05) is 17.5 Å². The molecule has 1 aromatic heterocycles. The van der Waals surface area contributed by atoms with Crippen molar-refractivity contribution in [1.29, 1.82) is 0 Å². The molecule has 1 N–H and O–H groups in total. The fourth-order valence-electron chi connectivity index (χ4n) is 4.73. The van der Waals surface area contributed by atoms with Gasteiger partial charge in [0.05, 0.1) is 5.69 Å². The molecule has 3 fully saturated rings. The second kappa shape index (κ2) is 5.77. The number of carboxylic acid groups (broad SMARTS) is 1. The van der Waals surface area contributed by atoms with Gasteiger partial charge in [-0.05, 0) is 49.5 Å². The van der Waals surface area contributed by atoms with Crippen molar-refractivity contribution < 1.29 is 19.0 Å². The number of nitrogens with zero attached hydrogens (tertiary/aromatic N) is 2. The van der Waals surface area contributed by atoms with E-state index in [1.165, 1.54) is 28.4 Å². The van der Waals surface area contributed by atoms with Crippen LogP contribution in [0.2, 0.25) is 0 Å². The van der Waals surface area contributed by atoms with Crippen LogP contribution in [0.4, 0.5) is 14.9 Å². The summed E-state index contributed by atoms with van der Waals surface area (Å²) < 4.78 is 19.6. The van der Waals surface area contributed by atoms with Gasteiger partial charge >= 0.3 is 6.09 Å². The average Bonchev–Trinajstić information content (AvgIpc) is 3.15. The topological polar surface area (TPSA) is 56.3 Å². The van der Waals surface area contributed by atoms with Crippen LogP contribution >= 0.6 is 11.3 Å². The van der Waals surface area contributed by atoms with Crippen molar-refractivity contribution in [1.82, 2.24) is 4.90 Å². The Labute approximate surface area is 154 Å². The Bertz CT molecular complexity index is 840. The van der Waals surface area contributed by atoms with Crippen LogP contribution in [0.3, 0.4) is 0 Å². The normalized spacial score (nSPS) is 32.3. The fourth-order valence-corrected chi connectivity index (χ4v) is 5.48. The zero-order valence-electron chi connectivity index (χ0n) is 14.2. The lowest BCUT2D eigenvalue weighted by Crippen LogP contribution is -2.53. The monoisotopic (exact) mass is 374 g/mol. The van der Waals surface area contributed by atoms with Gasteiger partial charge in [-0.1, -0.05) is 6.07 Å². The van der Waals surface area contributed by atoms with E-state index in [-0.39, 0.29) is 36.2 Å². The zero-order valence-corrected chi connectivity index (χ0v) is 15.0. The molecule has 136 valence electrons. The summed E-state index contributed by atoms with van der Waals surface area (Å²) >= 11 is 1.48. The van der Waals surface area contributed by atoms with Crippen molar-refractivity contribution >= 4 is 23.1 Å². The number of epoxide rings is 1. The van der Waals surface area contributed by atoms with Crippen molar-refractivity contribution in [3.63, 3.8) is 0 Å². The van der Waals surface area contributed by atoms with Crippen molar-refractivity contribution in [2.45, 2.75) is 43.2 Å². The number of morpholine rings is 1. The molecule has 3 aliphatic rings. The number of likely N-dealkylation sites (N-methyl/N-ethyl adjacent to an activating group) is 1. The largest absolute Gasteiger partial charge is 0.465 e. The molecular formula is C19H19FN2O3S. The van der Waals surface area contributed by atoms with E-state index >= 15 is 0 Å². The lowest BCUT2D eigenvalue weighted by molar-refractivity contribution is 0.0642. The van der Waals surface area contributed by atoms with Gasteiger partial charge in [-0.15, -0.1) is 11.3 Å². The number of amides is 1. The van der Waals surface area contributed by atoms with Crippen LogP contribution in [0.15, 0.2) is 35.7 Å². The summed E-state index contributed by atoms with van der Waals surface area (Å²) in [6.07, 6.45) is 0.980. The van der Waals surface area contributed by atoms with Crippen LogP contribution in [0.1, 0.15) is 12.8 Å². The Morgan fingerprint density at radius 3 is 2.65 bits per heavy atom. The third-order valence-corrected chi connectivity index (χ3v) is 6.87. The van der Waals surface area contributed by atoms with Crippen molar-refractivity contribution in [3.05, 3.63) is 41.5 Å². The quantitative estimate of drug-likeness (QED) is 0.834. The van der Waals surface area contributed by atoms with Crippen molar-refractivity contribution in [2.75, 3.05) is 11.9 Å². The first-order valence-corrected chi connectivity index (χ1v) is 9.65. The van der Waals surface area contributed by atoms with E-state index in [1.54, 1.807) is 6.07 Å². The predicted octanol–water partition coefficient (Wildman–Crippen LogP) is 3.65. The number of fused-ring (bicyclic) bond motifs is 5. The summed E-state index contributed by atoms with van der Waals surface area (Å²) in [6.45, 7) is 0. The molecular weight excluding hydrogens is 355 g/mol. The minimum Gasteiger partial charge on any atom is -0.465 e. The standard InChI is InChI=1S/C19H19FN2O3S/c1-21-14-8-11(9-15(21)18-17(14)25-18)22(19(23)24)13-5-4-10(20)7-12(13)16-3-2-6-26-16/h2-7,11,14-15,17-18H,8-9H2,1H3,(H,23,24)/t11-,14-,15+,17-,18+. The predicted molar refractivity (Wildman–Crippen MR) is 97.2 cm³/mol. The molecule has 2 aromatic rings. The lowest BCUT2D eigenvalue weighted by Gasteiger charge is -2.42. The second-order valence-corrected chi connectivity index (χ2v) is 8.23. The number of rotatable bonds is 3. The van der Waals surface area contributed by atoms with Gasteiger partial charge in [0.1, 0.15) is 18.0 Å². The highest BCUT2D eigenvalue weighted by molar-refractivity contribution is 7.13. The number of hydrogen-bond acceptors (Lipinski definition) is 4. The van der Waals surface area contributed by atoms with E-state index < -0.39 is 6.09 Å². The molecule has 3 saturated heterocycles. The van der Waals surface area contributed by atoms with Crippen molar-refractivity contribution in [2.24, 2.45) is 0 Å². The van der Waals surface area contributed by atoms with Gasteiger partial charge in [-0.3, -0.25) is 9.80 Å². The minimum atomic E-state index is -0.988. The first-order valence-electron chi connectivity index (χ1n) is 8.77. The Kier molecular flexibility index (Phi) is 3.60. The highest BCUT2D eigenvalue weighted by Crippen LogP contribution is 2.49. The first-order chi connectivity index (χ1) is 12.5. The molecule has 2 bridgehead atoms. The van der Waals surface area contributed by atoms with Crippen molar-refractivity contribution in [3.8, 4) is 10.4 Å². The maximum absolute atomic E-state index is 13.9. The second-order valence-electron chi connectivity index (χ2n) is 7.28. The number of halogens is 1. The molecule has 0 saturated carbocycles. The Balaban J connectivity index is 1.54. The number of piperidine rings is 1. The zero-order chi connectivity index (χ0) is 18.0. The molecule has 7 heteroatoms. The lowest BCUT2D eigenvalue weighted by atomic mass is 9.94. The molecule has 5 rings (SSSR count). The third kappa shape index (κ3) is 2.38. The molecule has 0 unspecified atom stereocenters. The van der Waals surface area contributed by atoms with Crippen LogP contribution in [0, 0.1) is 5.82 Å². The van der Waals surface area contributed by atoms with Gasteiger partial charge in [-0.2, -0.15) is 0 Å². The highest BCUT2D eigenvalue weighted by atomic mass is 32.1. The summed E-state index contributed by atoms with van der Waals surface area (Å²) in [6, 6.07) is 8.54. The number of benzene rings is 1. The van der Waals surface area contributed by atoms with Gasteiger partial charge in [0, 0.05) is 28.6 Å². The van der Waals surface area contributed by atoms with Gasteiger partial charge in [-0.25, -0.2) is 9.18 Å². The Morgan fingerprint density at radius 1 is 1.31 bits per heavy atom. The number of thiophene rings is 1. The summed E-state index contributed by atoms with van der Waals surface area (Å²) in [5.41, 5.74) is 1.19. The number of ether oxygens (including phenoxy) is 1. The molecule has 0 spiro atoms. The van der Waals surface area contributed by atoms with E-state index in [9.17, 15) is 14.3 Å².